The fourth-order valence-corrected chi connectivity index (χ4v) is 3.91. The summed E-state index contributed by atoms with van der Waals surface area (Å²) < 4.78 is 16.9. The molecule has 1 saturated carbocycles. The molecular formula is C15H25NO7. The van der Waals surface area contributed by atoms with Crippen molar-refractivity contribution in [3.63, 3.8) is 0 Å². The first kappa shape index (κ1) is 17.2. The van der Waals surface area contributed by atoms with E-state index in [0.29, 0.717) is 6.42 Å². The van der Waals surface area contributed by atoms with Crippen molar-refractivity contribution in [1.82, 2.24) is 5.32 Å². The minimum Gasteiger partial charge on any atom is -0.391 e. The largest absolute Gasteiger partial charge is 0.391 e. The minimum absolute atomic E-state index is 0.0145. The highest BCUT2D eigenvalue weighted by Gasteiger charge is 2.63. The van der Waals surface area contributed by atoms with Crippen LogP contribution < -0.4 is 5.32 Å². The molecule has 2 saturated heterocycles. The molecule has 3 fully saturated rings. The number of ketones is 1. The van der Waals surface area contributed by atoms with Gasteiger partial charge in [-0.1, -0.05) is 6.92 Å². The van der Waals surface area contributed by atoms with Gasteiger partial charge in [-0.15, -0.1) is 0 Å². The number of fused-ring (bicyclic) bond motifs is 2. The summed E-state index contributed by atoms with van der Waals surface area (Å²) in [6.07, 6.45) is -4.65. The highest BCUT2D eigenvalue weighted by atomic mass is 16.8. The number of Topliss-reactive ketones (excluding diaryl/α,β-unsaturated/α-hetero) is 1. The summed E-state index contributed by atoms with van der Waals surface area (Å²) in [5.74, 6) is -3.13. The standard InChI is InChI=1S/C15H25NO7/c1-4-7-10(18)9(16-3)12-13(11(7)19)22-14-15(20,23-12)8(17)5-6(2)21-14/h6-7,9-14,16,18-20H,4-5H2,1-3H3/t6-,7-,9+,10+,11+,12?,13?,14?,15+/m1/s1. The Morgan fingerprint density at radius 3 is 2.57 bits per heavy atom. The van der Waals surface area contributed by atoms with Gasteiger partial charge in [-0.25, -0.2) is 0 Å². The molecule has 3 unspecified atom stereocenters. The van der Waals surface area contributed by atoms with Gasteiger partial charge >= 0.3 is 0 Å². The van der Waals surface area contributed by atoms with Crippen LogP contribution in [-0.4, -0.2) is 76.8 Å². The van der Waals surface area contributed by atoms with Crippen molar-refractivity contribution in [3.8, 4) is 0 Å². The van der Waals surface area contributed by atoms with Crippen LogP contribution in [0.15, 0.2) is 0 Å². The Labute approximate surface area is 134 Å². The third-order valence-corrected chi connectivity index (χ3v) is 5.21. The van der Waals surface area contributed by atoms with Crippen LogP contribution in [0.2, 0.25) is 0 Å². The van der Waals surface area contributed by atoms with Crippen molar-refractivity contribution in [2.24, 2.45) is 5.92 Å². The maximum atomic E-state index is 12.2. The molecular weight excluding hydrogens is 306 g/mol. The predicted octanol–water partition coefficient (Wildman–Crippen LogP) is -1.49. The molecule has 0 bridgehead atoms. The van der Waals surface area contributed by atoms with Crippen LogP contribution in [0, 0.1) is 5.92 Å². The SMILES string of the molecule is CC[C@@H]1[C@H](O)[C@H](NC)C2O[C@@]3(O)C(=O)C[C@@H](C)OC3OC2[C@H]1O. The number of likely N-dealkylation sites (N-methyl/N-ethyl adjacent to an activating group) is 1. The second-order valence-corrected chi connectivity index (χ2v) is 6.65. The highest BCUT2D eigenvalue weighted by Crippen LogP contribution is 2.42. The van der Waals surface area contributed by atoms with E-state index in [4.69, 9.17) is 14.2 Å². The molecule has 0 aromatic carbocycles. The fraction of sp³-hybridized carbons (Fsp3) is 0.933. The lowest BCUT2D eigenvalue weighted by Gasteiger charge is -2.55. The maximum Gasteiger partial charge on any atom is 0.280 e. The Hall–Kier alpha value is -0.610. The van der Waals surface area contributed by atoms with Crippen LogP contribution in [0.3, 0.4) is 0 Å². The molecule has 9 atom stereocenters. The summed E-state index contributed by atoms with van der Waals surface area (Å²) in [6.45, 7) is 3.58. The third-order valence-electron chi connectivity index (χ3n) is 5.21. The highest BCUT2D eigenvalue weighted by molar-refractivity contribution is 5.87. The van der Waals surface area contributed by atoms with Gasteiger partial charge in [0.05, 0.1) is 24.4 Å². The second kappa shape index (κ2) is 6.03. The second-order valence-electron chi connectivity index (χ2n) is 6.65. The molecule has 132 valence electrons. The van der Waals surface area contributed by atoms with Gasteiger partial charge in [0, 0.05) is 12.3 Å². The first-order valence-corrected chi connectivity index (χ1v) is 8.11. The van der Waals surface area contributed by atoms with E-state index < -0.39 is 60.3 Å². The van der Waals surface area contributed by atoms with Crippen LogP contribution in [-0.2, 0) is 19.0 Å². The summed E-state index contributed by atoms with van der Waals surface area (Å²) in [7, 11) is 1.65. The van der Waals surface area contributed by atoms with Crippen LogP contribution in [0.5, 0.6) is 0 Å². The van der Waals surface area contributed by atoms with E-state index in [0.717, 1.165) is 0 Å². The Morgan fingerprint density at radius 2 is 1.96 bits per heavy atom. The lowest BCUT2D eigenvalue weighted by Crippen LogP contribution is -2.75. The molecule has 0 aromatic rings. The maximum absolute atomic E-state index is 12.2. The zero-order chi connectivity index (χ0) is 16.9. The number of aliphatic hydroxyl groups is 3. The van der Waals surface area contributed by atoms with Gasteiger partial charge in [0.1, 0.15) is 12.2 Å². The molecule has 3 rings (SSSR count). The topological polar surface area (TPSA) is 117 Å². The molecule has 8 nitrogen and oxygen atoms in total. The zero-order valence-electron chi connectivity index (χ0n) is 13.5. The molecule has 3 aliphatic rings. The minimum atomic E-state index is -2.21. The van der Waals surface area contributed by atoms with Gasteiger partial charge in [0.15, 0.2) is 5.78 Å². The van der Waals surface area contributed by atoms with Crippen molar-refractivity contribution in [2.45, 2.75) is 75.3 Å². The predicted molar refractivity (Wildman–Crippen MR) is 77.3 cm³/mol. The molecule has 4 N–H and O–H groups in total. The molecule has 0 aromatic heterocycles. The monoisotopic (exact) mass is 331 g/mol. The number of carbonyl (C=O) groups excluding carboxylic acids is 1. The van der Waals surface area contributed by atoms with E-state index in [1.165, 1.54) is 0 Å². The Morgan fingerprint density at radius 1 is 1.26 bits per heavy atom. The number of carbonyl (C=O) groups is 1. The van der Waals surface area contributed by atoms with Gasteiger partial charge in [-0.05, 0) is 20.4 Å². The first-order chi connectivity index (χ1) is 10.8. The molecule has 0 spiro atoms. The number of hydrogen-bond donors (Lipinski definition) is 4. The fourth-order valence-electron chi connectivity index (χ4n) is 3.91. The smallest absolute Gasteiger partial charge is 0.280 e. The van der Waals surface area contributed by atoms with Gasteiger partial charge < -0.3 is 34.8 Å². The van der Waals surface area contributed by atoms with Crippen LogP contribution in [0.4, 0.5) is 0 Å². The summed E-state index contributed by atoms with van der Waals surface area (Å²) >= 11 is 0. The van der Waals surface area contributed by atoms with Crippen LogP contribution in [0.25, 0.3) is 0 Å². The summed E-state index contributed by atoms with van der Waals surface area (Å²) in [5, 5.41) is 34.6. The molecule has 2 aliphatic heterocycles. The van der Waals surface area contributed by atoms with E-state index in [1.54, 1.807) is 14.0 Å². The van der Waals surface area contributed by atoms with E-state index in [-0.39, 0.29) is 6.42 Å². The Kier molecular flexibility index (Phi) is 4.52. The van der Waals surface area contributed by atoms with Crippen molar-refractivity contribution in [3.05, 3.63) is 0 Å². The molecule has 2 heterocycles. The van der Waals surface area contributed by atoms with Crippen molar-refractivity contribution in [2.75, 3.05) is 7.05 Å². The van der Waals surface area contributed by atoms with Gasteiger partial charge in [-0.2, -0.15) is 0 Å². The molecule has 23 heavy (non-hydrogen) atoms. The zero-order valence-corrected chi connectivity index (χ0v) is 13.5. The number of hydrogen-bond acceptors (Lipinski definition) is 8. The average Bonchev–Trinajstić information content (AvgIpc) is 2.49. The molecule has 0 radical (unpaired) electrons. The molecule has 1 aliphatic carbocycles. The summed E-state index contributed by atoms with van der Waals surface area (Å²) in [6, 6.07) is -0.578. The Bertz CT molecular complexity index is 475. The van der Waals surface area contributed by atoms with Crippen molar-refractivity contribution in [1.29, 1.82) is 0 Å². The normalized spacial score (nSPS) is 53.6. The number of nitrogens with one attached hydrogen (secondary N) is 1. The van der Waals surface area contributed by atoms with Crippen LogP contribution in [0.1, 0.15) is 26.7 Å². The van der Waals surface area contributed by atoms with E-state index in [9.17, 15) is 20.1 Å². The average molecular weight is 331 g/mol. The number of rotatable bonds is 2. The van der Waals surface area contributed by atoms with E-state index in [2.05, 4.69) is 5.32 Å². The van der Waals surface area contributed by atoms with E-state index >= 15 is 0 Å². The van der Waals surface area contributed by atoms with Crippen molar-refractivity contribution < 1.29 is 34.3 Å². The Balaban J connectivity index is 1.92. The van der Waals surface area contributed by atoms with Crippen molar-refractivity contribution >= 4 is 5.78 Å². The molecule has 8 heteroatoms. The van der Waals surface area contributed by atoms with Gasteiger partial charge in [-0.3, -0.25) is 4.79 Å². The van der Waals surface area contributed by atoms with E-state index in [1.807, 2.05) is 6.92 Å². The first-order valence-electron chi connectivity index (χ1n) is 8.11. The lowest BCUT2D eigenvalue weighted by molar-refractivity contribution is -0.422. The van der Waals surface area contributed by atoms with Gasteiger partial charge in [0.2, 0.25) is 6.29 Å². The lowest BCUT2D eigenvalue weighted by atomic mass is 9.75. The quantitative estimate of drug-likeness (QED) is 0.484. The summed E-state index contributed by atoms with van der Waals surface area (Å²) in [4.78, 5) is 12.2. The van der Waals surface area contributed by atoms with Gasteiger partial charge in [0.25, 0.3) is 5.79 Å². The summed E-state index contributed by atoms with van der Waals surface area (Å²) in [5.41, 5.74) is 0. The number of ether oxygens (including phenoxy) is 3. The third kappa shape index (κ3) is 2.53. The molecule has 0 amide bonds. The number of aliphatic hydroxyl groups excluding tert-OH is 2. The van der Waals surface area contributed by atoms with Crippen LogP contribution >= 0.6 is 0 Å².